The van der Waals surface area contributed by atoms with Crippen molar-refractivity contribution >= 4 is 21.6 Å². The molecule has 0 radical (unpaired) electrons. The van der Waals surface area contributed by atoms with Crippen LogP contribution in [0.1, 0.15) is 6.42 Å². The fourth-order valence-corrected chi connectivity index (χ4v) is 0.932. The van der Waals surface area contributed by atoms with Crippen LogP contribution in [0.2, 0.25) is 0 Å². The Morgan fingerprint density at radius 2 is 2.62 bits per heavy atom. The van der Waals surface area contributed by atoms with Crippen LogP contribution in [0.3, 0.4) is 0 Å². The third-order valence-electron chi connectivity index (χ3n) is 0.956. The molecule has 1 nitrogen and oxygen atoms in total. The lowest BCUT2D eigenvalue weighted by atomic mass is 10.3. The standard InChI is InChI=1S/C6H6BrN/c1-2-6-3-5(7)4-8-6/h2,4H,1,3H2. The average Bonchev–Trinajstić information content (AvgIpc) is 2.14. The zero-order valence-corrected chi connectivity index (χ0v) is 5.98. The summed E-state index contributed by atoms with van der Waals surface area (Å²) >= 11 is 3.32. The first-order valence-electron chi connectivity index (χ1n) is 2.36. The van der Waals surface area contributed by atoms with Crippen molar-refractivity contribution in [2.24, 2.45) is 4.99 Å². The molecule has 1 heterocycles. The monoisotopic (exact) mass is 171 g/mol. The second kappa shape index (κ2) is 2.27. The third kappa shape index (κ3) is 1.07. The molecule has 0 aliphatic carbocycles. The zero-order chi connectivity index (χ0) is 5.98. The van der Waals surface area contributed by atoms with Gasteiger partial charge < -0.3 is 0 Å². The van der Waals surface area contributed by atoms with E-state index in [1.54, 1.807) is 12.3 Å². The molecule has 0 fully saturated rings. The molecule has 0 spiro atoms. The van der Waals surface area contributed by atoms with Gasteiger partial charge in [0, 0.05) is 22.8 Å². The topological polar surface area (TPSA) is 12.4 Å². The summed E-state index contributed by atoms with van der Waals surface area (Å²) in [4.78, 5) is 4.02. The smallest absolute Gasteiger partial charge is 0.0447 e. The predicted molar refractivity (Wildman–Crippen MR) is 39.3 cm³/mol. The fraction of sp³-hybridized carbons (Fsp3) is 0.167. The van der Waals surface area contributed by atoms with Crippen LogP contribution in [0, 0.1) is 0 Å². The lowest BCUT2D eigenvalue weighted by molar-refractivity contribution is 1.53. The number of hydrogen-bond donors (Lipinski definition) is 0. The molecule has 42 valence electrons. The van der Waals surface area contributed by atoms with Crippen molar-refractivity contribution in [2.45, 2.75) is 6.42 Å². The second-order valence-corrected chi connectivity index (χ2v) is 2.60. The Kier molecular flexibility index (Phi) is 1.63. The van der Waals surface area contributed by atoms with E-state index in [1.165, 1.54) is 0 Å². The first-order valence-corrected chi connectivity index (χ1v) is 3.16. The minimum atomic E-state index is 0.906. The highest BCUT2D eigenvalue weighted by atomic mass is 79.9. The van der Waals surface area contributed by atoms with Crippen LogP contribution in [0.25, 0.3) is 0 Å². The van der Waals surface area contributed by atoms with Gasteiger partial charge in [0.15, 0.2) is 0 Å². The zero-order valence-electron chi connectivity index (χ0n) is 4.39. The molecular formula is C6H6BrN. The van der Waals surface area contributed by atoms with Gasteiger partial charge in [-0.1, -0.05) is 22.5 Å². The maximum Gasteiger partial charge on any atom is 0.0447 e. The summed E-state index contributed by atoms with van der Waals surface area (Å²) in [6.45, 7) is 3.59. The van der Waals surface area contributed by atoms with Crippen molar-refractivity contribution in [3.8, 4) is 0 Å². The number of nitrogens with zero attached hydrogens (tertiary/aromatic N) is 1. The van der Waals surface area contributed by atoms with Crippen LogP contribution in [0.5, 0.6) is 0 Å². The van der Waals surface area contributed by atoms with E-state index in [0.717, 1.165) is 16.6 Å². The van der Waals surface area contributed by atoms with Crippen LogP contribution >= 0.6 is 15.9 Å². The lowest BCUT2D eigenvalue weighted by Crippen LogP contribution is -1.83. The normalized spacial score (nSPS) is 17.6. The summed E-state index contributed by atoms with van der Waals surface area (Å²) in [5, 5.41) is 0. The molecule has 1 aliphatic heterocycles. The van der Waals surface area contributed by atoms with Crippen molar-refractivity contribution in [2.75, 3.05) is 0 Å². The molecule has 0 aromatic heterocycles. The molecule has 0 saturated carbocycles. The fourth-order valence-electron chi connectivity index (χ4n) is 0.542. The Hall–Kier alpha value is -0.370. The third-order valence-corrected chi connectivity index (χ3v) is 1.44. The summed E-state index contributed by atoms with van der Waals surface area (Å²) in [6.07, 6.45) is 4.48. The minimum absolute atomic E-state index is 0.906. The SMILES string of the molecule is C=CC1=NC=C(Br)C1. The van der Waals surface area contributed by atoms with Gasteiger partial charge in [0.1, 0.15) is 0 Å². The summed E-state index contributed by atoms with van der Waals surface area (Å²) in [7, 11) is 0. The van der Waals surface area contributed by atoms with E-state index in [9.17, 15) is 0 Å². The molecule has 0 bridgehead atoms. The largest absolute Gasteiger partial charge is 0.260 e. The van der Waals surface area contributed by atoms with Gasteiger partial charge in [0.05, 0.1) is 0 Å². The van der Waals surface area contributed by atoms with Gasteiger partial charge in [-0.15, -0.1) is 0 Å². The molecule has 0 aromatic carbocycles. The van der Waals surface area contributed by atoms with E-state index in [1.807, 2.05) is 0 Å². The van der Waals surface area contributed by atoms with Crippen molar-refractivity contribution < 1.29 is 0 Å². The molecule has 0 unspecified atom stereocenters. The molecular weight excluding hydrogens is 166 g/mol. The number of aliphatic imine (C=N–C) groups is 1. The second-order valence-electron chi connectivity index (χ2n) is 1.58. The Morgan fingerprint density at radius 1 is 1.88 bits per heavy atom. The maximum absolute atomic E-state index is 4.02. The molecule has 1 rings (SSSR count). The minimum Gasteiger partial charge on any atom is -0.260 e. The van der Waals surface area contributed by atoms with Gasteiger partial charge in [-0.25, -0.2) is 0 Å². The summed E-state index contributed by atoms with van der Waals surface area (Å²) in [6, 6.07) is 0. The Balaban J connectivity index is 2.61. The Morgan fingerprint density at radius 3 is 2.88 bits per heavy atom. The summed E-state index contributed by atoms with van der Waals surface area (Å²) < 4.78 is 1.13. The highest BCUT2D eigenvalue weighted by molar-refractivity contribution is 9.11. The molecule has 2 heteroatoms. The van der Waals surface area contributed by atoms with Gasteiger partial charge in [-0.2, -0.15) is 0 Å². The number of hydrogen-bond acceptors (Lipinski definition) is 1. The van der Waals surface area contributed by atoms with Crippen LogP contribution in [0.4, 0.5) is 0 Å². The van der Waals surface area contributed by atoms with E-state index in [4.69, 9.17) is 0 Å². The number of allylic oxidation sites excluding steroid dienone is 2. The predicted octanol–water partition coefficient (Wildman–Crippen LogP) is 2.25. The van der Waals surface area contributed by atoms with Crippen molar-refractivity contribution in [1.82, 2.24) is 0 Å². The van der Waals surface area contributed by atoms with Crippen molar-refractivity contribution in [3.63, 3.8) is 0 Å². The van der Waals surface area contributed by atoms with E-state index in [2.05, 4.69) is 27.5 Å². The number of rotatable bonds is 1. The van der Waals surface area contributed by atoms with Crippen molar-refractivity contribution in [3.05, 3.63) is 23.3 Å². The summed E-state index contributed by atoms with van der Waals surface area (Å²) in [5.74, 6) is 0. The highest BCUT2D eigenvalue weighted by Gasteiger charge is 2.01. The van der Waals surface area contributed by atoms with Crippen LogP contribution in [-0.4, -0.2) is 5.71 Å². The van der Waals surface area contributed by atoms with Gasteiger partial charge in [0.2, 0.25) is 0 Å². The quantitative estimate of drug-likeness (QED) is 0.575. The van der Waals surface area contributed by atoms with Crippen LogP contribution in [0.15, 0.2) is 28.3 Å². The maximum atomic E-state index is 4.02. The first-order chi connectivity index (χ1) is 3.83. The average molecular weight is 172 g/mol. The molecule has 0 saturated heterocycles. The highest BCUT2D eigenvalue weighted by Crippen LogP contribution is 2.17. The van der Waals surface area contributed by atoms with Gasteiger partial charge in [-0.05, 0) is 6.08 Å². The van der Waals surface area contributed by atoms with Crippen LogP contribution < -0.4 is 0 Å². The van der Waals surface area contributed by atoms with Crippen molar-refractivity contribution in [1.29, 1.82) is 0 Å². The van der Waals surface area contributed by atoms with E-state index in [0.29, 0.717) is 0 Å². The Bertz CT molecular complexity index is 167. The molecule has 8 heavy (non-hydrogen) atoms. The van der Waals surface area contributed by atoms with Gasteiger partial charge in [-0.3, -0.25) is 4.99 Å². The molecule has 0 atom stereocenters. The lowest BCUT2D eigenvalue weighted by Gasteiger charge is -1.84. The Labute approximate surface area is 56.9 Å². The van der Waals surface area contributed by atoms with Gasteiger partial charge in [0.25, 0.3) is 0 Å². The summed E-state index contributed by atoms with van der Waals surface area (Å²) in [5.41, 5.74) is 1.04. The molecule has 0 N–H and O–H groups in total. The molecule has 1 aliphatic rings. The van der Waals surface area contributed by atoms with E-state index in [-0.39, 0.29) is 0 Å². The first kappa shape index (κ1) is 5.76. The molecule has 0 aromatic rings. The van der Waals surface area contributed by atoms with Gasteiger partial charge >= 0.3 is 0 Å². The van der Waals surface area contributed by atoms with E-state index < -0.39 is 0 Å². The van der Waals surface area contributed by atoms with Crippen LogP contribution in [-0.2, 0) is 0 Å². The van der Waals surface area contributed by atoms with E-state index >= 15 is 0 Å². The number of halogens is 1. The molecule has 0 amide bonds.